The van der Waals surface area contributed by atoms with E-state index < -0.39 is 35.3 Å². The molecule has 11 heteroatoms. The number of amides is 2. The molecule has 4 rings (SSSR count). The highest BCUT2D eigenvalue weighted by Gasteiger charge is 2.32. The van der Waals surface area contributed by atoms with Crippen molar-refractivity contribution in [2.45, 2.75) is 25.6 Å². The van der Waals surface area contributed by atoms with Crippen LogP contribution in [0.2, 0.25) is 0 Å². The van der Waals surface area contributed by atoms with E-state index in [1.165, 1.54) is 13.0 Å². The average Bonchev–Trinajstić information content (AvgIpc) is 3.22. The molecule has 0 saturated heterocycles. The summed E-state index contributed by atoms with van der Waals surface area (Å²) in [7, 11) is 0. The fraction of sp³-hybridized carbons (Fsp3) is 0.192. The lowest BCUT2D eigenvalue weighted by molar-refractivity contribution is -0.137. The van der Waals surface area contributed by atoms with Crippen LogP contribution < -0.4 is 16.0 Å². The first-order valence-corrected chi connectivity index (χ1v) is 11.2. The fourth-order valence-electron chi connectivity index (χ4n) is 3.76. The van der Waals surface area contributed by atoms with Crippen molar-refractivity contribution < 1.29 is 31.5 Å². The molecule has 6 nitrogen and oxygen atoms in total. The van der Waals surface area contributed by atoms with Gasteiger partial charge in [0, 0.05) is 18.4 Å². The van der Waals surface area contributed by atoms with Crippen LogP contribution in [0.15, 0.2) is 54.7 Å². The molecule has 2 heterocycles. The van der Waals surface area contributed by atoms with Gasteiger partial charge in [-0.15, -0.1) is 0 Å². The first-order valence-electron chi connectivity index (χ1n) is 11.2. The van der Waals surface area contributed by atoms with Crippen LogP contribution in [0.25, 0.3) is 6.08 Å². The van der Waals surface area contributed by atoms with Gasteiger partial charge in [-0.2, -0.15) is 13.2 Å². The molecule has 0 fully saturated rings. The van der Waals surface area contributed by atoms with Crippen LogP contribution in [-0.4, -0.2) is 23.3 Å². The van der Waals surface area contributed by atoms with E-state index in [0.29, 0.717) is 18.7 Å². The van der Waals surface area contributed by atoms with Gasteiger partial charge in [-0.25, -0.2) is 13.8 Å². The van der Waals surface area contributed by atoms with Crippen LogP contribution in [0.4, 0.5) is 33.5 Å². The Labute approximate surface area is 208 Å². The van der Waals surface area contributed by atoms with Crippen molar-refractivity contribution in [2.24, 2.45) is 0 Å². The van der Waals surface area contributed by atoms with Gasteiger partial charge in [-0.05, 0) is 47.9 Å². The van der Waals surface area contributed by atoms with E-state index in [4.69, 9.17) is 0 Å². The maximum Gasteiger partial charge on any atom is 0.417 e. The molecule has 0 aliphatic carbocycles. The van der Waals surface area contributed by atoms with E-state index in [0.717, 1.165) is 28.9 Å². The van der Waals surface area contributed by atoms with Crippen molar-refractivity contribution in [3.8, 4) is 0 Å². The second kappa shape index (κ2) is 10.4. The second-order valence-electron chi connectivity index (χ2n) is 8.41. The summed E-state index contributed by atoms with van der Waals surface area (Å²) in [5.74, 6) is -3.23. The van der Waals surface area contributed by atoms with Crippen LogP contribution in [0.1, 0.15) is 45.6 Å². The largest absolute Gasteiger partial charge is 0.417 e. The third kappa shape index (κ3) is 6.11. The summed E-state index contributed by atoms with van der Waals surface area (Å²) in [5.41, 5.74) is 1.16. The van der Waals surface area contributed by atoms with E-state index in [1.54, 1.807) is 18.2 Å². The SMILES string of the molecule is CC(NC(=O)c1cc(C(F)(F)F)cnc1NC/C=C/c1ccc2c(c1)NC(=O)C2)c1ccc(F)c(F)c1. The minimum atomic E-state index is -4.73. The molecule has 2 amide bonds. The van der Waals surface area contributed by atoms with Gasteiger partial charge in [0.25, 0.3) is 5.91 Å². The number of benzene rings is 2. The van der Waals surface area contributed by atoms with Gasteiger partial charge < -0.3 is 16.0 Å². The van der Waals surface area contributed by atoms with Crippen LogP contribution in [0.5, 0.6) is 0 Å². The summed E-state index contributed by atoms with van der Waals surface area (Å²) in [5, 5.41) is 8.07. The summed E-state index contributed by atoms with van der Waals surface area (Å²) < 4.78 is 66.6. The summed E-state index contributed by atoms with van der Waals surface area (Å²) >= 11 is 0. The van der Waals surface area contributed by atoms with Crippen molar-refractivity contribution in [3.05, 3.63) is 94.2 Å². The Morgan fingerprint density at radius 3 is 2.65 bits per heavy atom. The number of hydrogen-bond donors (Lipinski definition) is 3. The lowest BCUT2D eigenvalue weighted by Crippen LogP contribution is -2.28. The highest BCUT2D eigenvalue weighted by Crippen LogP contribution is 2.31. The van der Waals surface area contributed by atoms with Gasteiger partial charge in [0.2, 0.25) is 5.91 Å². The molecule has 0 saturated carbocycles. The molecular formula is C26H21F5N4O2. The lowest BCUT2D eigenvalue weighted by atomic mass is 10.1. The average molecular weight is 516 g/mol. The van der Waals surface area contributed by atoms with E-state index in [1.807, 2.05) is 12.1 Å². The Morgan fingerprint density at radius 2 is 1.92 bits per heavy atom. The number of pyridine rings is 1. The molecular weight excluding hydrogens is 495 g/mol. The van der Waals surface area contributed by atoms with E-state index in [9.17, 15) is 31.5 Å². The maximum atomic E-state index is 13.6. The first kappa shape index (κ1) is 25.8. The number of nitrogens with zero attached hydrogens (tertiary/aromatic N) is 1. The van der Waals surface area contributed by atoms with Crippen molar-refractivity contribution >= 4 is 29.4 Å². The van der Waals surface area contributed by atoms with E-state index in [-0.39, 0.29) is 29.4 Å². The summed E-state index contributed by atoms with van der Waals surface area (Å²) in [6, 6.07) is 8.36. The second-order valence-corrected chi connectivity index (χ2v) is 8.41. The zero-order valence-corrected chi connectivity index (χ0v) is 19.4. The number of nitrogens with one attached hydrogen (secondary N) is 3. The Morgan fingerprint density at radius 1 is 1.14 bits per heavy atom. The van der Waals surface area contributed by atoms with Gasteiger partial charge in [0.05, 0.1) is 23.6 Å². The molecule has 0 bridgehead atoms. The smallest absolute Gasteiger partial charge is 0.366 e. The van der Waals surface area contributed by atoms with Crippen LogP contribution in [-0.2, 0) is 17.4 Å². The number of rotatable bonds is 7. The van der Waals surface area contributed by atoms with Gasteiger partial charge in [-0.1, -0.05) is 30.4 Å². The standard InChI is InChI=1S/C26H21F5N4O2/c1-14(16-6-7-20(27)21(28)10-16)34-25(37)19-12-18(26(29,30)31)13-33-24(19)32-8-2-3-15-4-5-17-11-23(36)35-22(17)9-15/h2-7,9-10,12-14H,8,11H2,1H3,(H,32,33)(H,34,37)(H,35,36)/b3-2+. The first-order chi connectivity index (χ1) is 17.5. The molecule has 1 atom stereocenters. The number of anilines is 2. The van der Waals surface area contributed by atoms with Crippen LogP contribution >= 0.6 is 0 Å². The Bertz CT molecular complexity index is 1390. The molecule has 37 heavy (non-hydrogen) atoms. The van der Waals surface area contributed by atoms with E-state index >= 15 is 0 Å². The number of carbonyl (C=O) groups is 2. The zero-order chi connectivity index (χ0) is 26.7. The molecule has 1 aliphatic rings. The normalized spacial score (nSPS) is 13.8. The van der Waals surface area contributed by atoms with Crippen molar-refractivity contribution in [3.63, 3.8) is 0 Å². The molecule has 1 aliphatic heterocycles. The predicted molar refractivity (Wildman–Crippen MR) is 128 cm³/mol. The van der Waals surface area contributed by atoms with Gasteiger partial charge >= 0.3 is 6.18 Å². The monoisotopic (exact) mass is 516 g/mol. The molecule has 0 spiro atoms. The lowest BCUT2D eigenvalue weighted by Gasteiger charge is -2.17. The van der Waals surface area contributed by atoms with Crippen molar-refractivity contribution in [1.29, 1.82) is 0 Å². The predicted octanol–water partition coefficient (Wildman–Crippen LogP) is 5.49. The zero-order valence-electron chi connectivity index (χ0n) is 19.4. The fourth-order valence-corrected chi connectivity index (χ4v) is 3.76. The molecule has 3 aromatic rings. The number of hydrogen-bond acceptors (Lipinski definition) is 4. The highest BCUT2D eigenvalue weighted by molar-refractivity contribution is 6.00. The Hall–Kier alpha value is -4.28. The van der Waals surface area contributed by atoms with E-state index in [2.05, 4.69) is 20.9 Å². The summed E-state index contributed by atoms with van der Waals surface area (Å²) in [6.07, 6.45) is -0.365. The molecule has 1 unspecified atom stereocenters. The number of aromatic nitrogens is 1. The highest BCUT2D eigenvalue weighted by atomic mass is 19.4. The summed E-state index contributed by atoms with van der Waals surface area (Å²) in [6.45, 7) is 1.61. The Balaban J connectivity index is 1.49. The maximum absolute atomic E-state index is 13.6. The minimum absolute atomic E-state index is 0.0872. The summed E-state index contributed by atoms with van der Waals surface area (Å²) in [4.78, 5) is 28.2. The Kier molecular flexibility index (Phi) is 7.23. The number of carbonyl (C=O) groups excluding carboxylic acids is 2. The number of alkyl halides is 3. The quantitative estimate of drug-likeness (QED) is 0.363. The minimum Gasteiger partial charge on any atom is -0.366 e. The molecule has 192 valence electrons. The van der Waals surface area contributed by atoms with Crippen LogP contribution in [0, 0.1) is 11.6 Å². The number of halogens is 5. The van der Waals surface area contributed by atoms with Crippen molar-refractivity contribution in [2.75, 3.05) is 17.2 Å². The molecule has 3 N–H and O–H groups in total. The topological polar surface area (TPSA) is 83.1 Å². The molecule has 0 radical (unpaired) electrons. The third-order valence-electron chi connectivity index (χ3n) is 5.71. The third-order valence-corrected chi connectivity index (χ3v) is 5.71. The number of fused-ring (bicyclic) bond motifs is 1. The van der Waals surface area contributed by atoms with Gasteiger partial charge in [0.1, 0.15) is 5.82 Å². The molecule has 1 aromatic heterocycles. The van der Waals surface area contributed by atoms with Gasteiger partial charge in [0.15, 0.2) is 11.6 Å². The van der Waals surface area contributed by atoms with Crippen LogP contribution in [0.3, 0.4) is 0 Å². The molecule has 2 aromatic carbocycles. The van der Waals surface area contributed by atoms with Gasteiger partial charge in [-0.3, -0.25) is 9.59 Å². The van der Waals surface area contributed by atoms with Crippen molar-refractivity contribution in [1.82, 2.24) is 10.3 Å².